The van der Waals surface area contributed by atoms with Crippen molar-refractivity contribution < 1.29 is 0 Å². The number of nitrogens with zero attached hydrogens (tertiary/aromatic N) is 2. The number of nitrogen functional groups attached to an aromatic ring is 1. The molecule has 11 heavy (non-hydrogen) atoms. The lowest BCUT2D eigenvalue weighted by Crippen LogP contribution is -2.15. The second kappa shape index (κ2) is 3.39. The number of anilines is 1. The highest BCUT2D eigenvalue weighted by molar-refractivity contribution is 5.36. The Kier molecular flexibility index (Phi) is 2.48. The Balaban J connectivity index is 2.44. The maximum atomic E-state index is 5.59. The molecule has 0 aliphatic rings. The molecule has 0 aliphatic heterocycles. The summed E-state index contributed by atoms with van der Waals surface area (Å²) < 4.78 is 0. The summed E-state index contributed by atoms with van der Waals surface area (Å²) in [6.45, 7) is 1.00. The number of H-pyrrole nitrogens is 1. The lowest BCUT2D eigenvalue weighted by atomic mass is 10.2. The van der Waals surface area contributed by atoms with Crippen molar-refractivity contribution in [3.63, 3.8) is 0 Å². The standard InChI is InChI=1S/C7H14N4/c1-11(2)4-3-6-5-9-10-7(6)8/h5H,3-4H2,1-2H3,(H3,8,9,10). The first-order chi connectivity index (χ1) is 5.20. The molecule has 3 N–H and O–H groups in total. The van der Waals surface area contributed by atoms with E-state index in [1.165, 1.54) is 0 Å². The number of hydrogen-bond donors (Lipinski definition) is 2. The van der Waals surface area contributed by atoms with Crippen LogP contribution in [0.5, 0.6) is 0 Å². The monoisotopic (exact) mass is 154 g/mol. The van der Waals surface area contributed by atoms with E-state index in [1.807, 2.05) is 14.1 Å². The summed E-state index contributed by atoms with van der Waals surface area (Å²) >= 11 is 0. The van der Waals surface area contributed by atoms with Crippen LogP contribution in [0.3, 0.4) is 0 Å². The molecule has 0 aromatic carbocycles. The zero-order valence-electron chi connectivity index (χ0n) is 6.96. The van der Waals surface area contributed by atoms with Gasteiger partial charge in [0.05, 0.1) is 6.20 Å². The number of aromatic amines is 1. The minimum atomic E-state index is 0.687. The minimum Gasteiger partial charge on any atom is -0.384 e. The van der Waals surface area contributed by atoms with Crippen LogP contribution in [-0.4, -0.2) is 35.7 Å². The first-order valence-corrected chi connectivity index (χ1v) is 3.62. The van der Waals surface area contributed by atoms with Crippen molar-refractivity contribution in [3.8, 4) is 0 Å². The van der Waals surface area contributed by atoms with Crippen molar-refractivity contribution >= 4 is 5.82 Å². The van der Waals surface area contributed by atoms with Crippen LogP contribution in [0.4, 0.5) is 5.82 Å². The summed E-state index contributed by atoms with van der Waals surface area (Å²) in [6.07, 6.45) is 2.73. The molecule has 0 atom stereocenters. The fourth-order valence-electron chi connectivity index (χ4n) is 0.864. The summed E-state index contributed by atoms with van der Waals surface area (Å²) in [6, 6.07) is 0. The maximum absolute atomic E-state index is 5.59. The van der Waals surface area contributed by atoms with Crippen LogP contribution < -0.4 is 5.73 Å². The van der Waals surface area contributed by atoms with Crippen LogP contribution in [0, 0.1) is 0 Å². The second-order valence-electron chi connectivity index (χ2n) is 2.86. The highest BCUT2D eigenvalue weighted by Gasteiger charge is 2.00. The molecule has 0 bridgehead atoms. The first-order valence-electron chi connectivity index (χ1n) is 3.62. The zero-order valence-corrected chi connectivity index (χ0v) is 6.96. The third-order valence-corrected chi connectivity index (χ3v) is 1.58. The Hall–Kier alpha value is -1.03. The smallest absolute Gasteiger partial charge is 0.122 e. The Morgan fingerprint density at radius 2 is 2.36 bits per heavy atom. The Bertz CT molecular complexity index is 216. The van der Waals surface area contributed by atoms with Gasteiger partial charge in [-0.3, -0.25) is 5.10 Å². The van der Waals surface area contributed by atoms with Crippen molar-refractivity contribution in [1.29, 1.82) is 0 Å². The molecule has 62 valence electrons. The van der Waals surface area contributed by atoms with Gasteiger partial charge in [-0.15, -0.1) is 0 Å². The van der Waals surface area contributed by atoms with Crippen molar-refractivity contribution in [1.82, 2.24) is 15.1 Å². The predicted molar refractivity (Wildman–Crippen MR) is 45.3 cm³/mol. The highest BCUT2D eigenvalue weighted by Crippen LogP contribution is 2.06. The summed E-state index contributed by atoms with van der Waals surface area (Å²) in [5.41, 5.74) is 6.69. The molecule has 0 radical (unpaired) electrons. The van der Waals surface area contributed by atoms with E-state index in [9.17, 15) is 0 Å². The summed E-state index contributed by atoms with van der Waals surface area (Å²) in [4.78, 5) is 2.12. The molecular weight excluding hydrogens is 140 g/mol. The van der Waals surface area contributed by atoms with Crippen LogP contribution in [0.1, 0.15) is 5.56 Å². The maximum Gasteiger partial charge on any atom is 0.122 e. The fraction of sp³-hybridized carbons (Fsp3) is 0.571. The Morgan fingerprint density at radius 3 is 2.82 bits per heavy atom. The molecule has 0 aliphatic carbocycles. The topological polar surface area (TPSA) is 57.9 Å². The SMILES string of the molecule is CN(C)CCc1cn[nH]c1N. The molecule has 0 spiro atoms. The van der Waals surface area contributed by atoms with Crippen molar-refractivity contribution in [3.05, 3.63) is 11.8 Å². The molecule has 0 fully saturated rings. The van der Waals surface area contributed by atoms with Gasteiger partial charge in [0.25, 0.3) is 0 Å². The van der Waals surface area contributed by atoms with Crippen LogP contribution in [-0.2, 0) is 6.42 Å². The largest absolute Gasteiger partial charge is 0.384 e. The number of rotatable bonds is 3. The van der Waals surface area contributed by atoms with E-state index < -0.39 is 0 Å². The minimum absolute atomic E-state index is 0.687. The first kappa shape index (κ1) is 8.07. The van der Waals surface area contributed by atoms with Crippen LogP contribution >= 0.6 is 0 Å². The Labute approximate surface area is 66.4 Å². The van der Waals surface area contributed by atoms with Crippen molar-refractivity contribution in [2.75, 3.05) is 26.4 Å². The normalized spacial score (nSPS) is 10.8. The molecule has 0 unspecified atom stereocenters. The molecule has 1 aromatic heterocycles. The van der Waals surface area contributed by atoms with Crippen LogP contribution in [0.2, 0.25) is 0 Å². The van der Waals surface area contributed by atoms with Crippen LogP contribution in [0.25, 0.3) is 0 Å². The van der Waals surface area contributed by atoms with E-state index in [2.05, 4.69) is 15.1 Å². The highest BCUT2D eigenvalue weighted by atomic mass is 15.1. The zero-order chi connectivity index (χ0) is 8.27. The van der Waals surface area contributed by atoms with Gasteiger partial charge in [0.15, 0.2) is 0 Å². The molecule has 0 saturated heterocycles. The van der Waals surface area contributed by atoms with E-state index >= 15 is 0 Å². The van der Waals surface area contributed by atoms with E-state index in [4.69, 9.17) is 5.73 Å². The fourth-order valence-corrected chi connectivity index (χ4v) is 0.864. The molecule has 1 aromatic rings. The number of likely N-dealkylation sites (N-methyl/N-ethyl adjacent to an activating group) is 1. The summed E-state index contributed by atoms with van der Waals surface area (Å²) in [7, 11) is 4.08. The van der Waals surface area contributed by atoms with E-state index in [0.717, 1.165) is 18.5 Å². The van der Waals surface area contributed by atoms with Gasteiger partial charge in [0.1, 0.15) is 5.82 Å². The van der Waals surface area contributed by atoms with Gasteiger partial charge in [-0.1, -0.05) is 0 Å². The lowest BCUT2D eigenvalue weighted by molar-refractivity contribution is 0.414. The van der Waals surface area contributed by atoms with Gasteiger partial charge in [-0.05, 0) is 20.5 Å². The van der Waals surface area contributed by atoms with Crippen molar-refractivity contribution in [2.24, 2.45) is 0 Å². The van der Waals surface area contributed by atoms with Gasteiger partial charge in [0, 0.05) is 12.1 Å². The molecule has 4 nitrogen and oxygen atoms in total. The quantitative estimate of drug-likeness (QED) is 0.649. The predicted octanol–water partition coefficient (Wildman–Crippen LogP) is 0.0960. The number of nitrogens with one attached hydrogen (secondary N) is 1. The summed E-state index contributed by atoms with van der Waals surface area (Å²) in [5.74, 6) is 0.687. The van der Waals surface area contributed by atoms with Gasteiger partial charge in [-0.25, -0.2) is 0 Å². The average Bonchev–Trinajstić information content (AvgIpc) is 2.31. The lowest BCUT2D eigenvalue weighted by Gasteiger charge is -2.07. The number of nitrogens with two attached hydrogens (primary N) is 1. The van der Waals surface area contributed by atoms with Crippen molar-refractivity contribution in [2.45, 2.75) is 6.42 Å². The van der Waals surface area contributed by atoms with E-state index in [1.54, 1.807) is 6.20 Å². The number of hydrogen-bond acceptors (Lipinski definition) is 3. The van der Waals surface area contributed by atoms with Gasteiger partial charge >= 0.3 is 0 Å². The molecule has 0 saturated carbocycles. The molecule has 1 rings (SSSR count). The molecule has 1 heterocycles. The molecular formula is C7H14N4. The molecule has 0 amide bonds. The molecule has 4 heteroatoms. The third-order valence-electron chi connectivity index (χ3n) is 1.58. The average molecular weight is 154 g/mol. The van der Waals surface area contributed by atoms with Gasteiger partial charge in [-0.2, -0.15) is 5.10 Å². The second-order valence-corrected chi connectivity index (χ2v) is 2.86. The van der Waals surface area contributed by atoms with Gasteiger partial charge < -0.3 is 10.6 Å². The summed E-state index contributed by atoms with van der Waals surface area (Å²) in [5, 5.41) is 6.53. The number of aromatic nitrogens is 2. The Morgan fingerprint density at radius 1 is 1.64 bits per heavy atom. The van der Waals surface area contributed by atoms with E-state index in [0.29, 0.717) is 5.82 Å². The van der Waals surface area contributed by atoms with E-state index in [-0.39, 0.29) is 0 Å². The van der Waals surface area contributed by atoms with Crippen LogP contribution in [0.15, 0.2) is 6.20 Å². The van der Waals surface area contributed by atoms with Gasteiger partial charge in [0.2, 0.25) is 0 Å². The third kappa shape index (κ3) is 2.23.